The lowest BCUT2D eigenvalue weighted by Crippen LogP contribution is -2.36. The van der Waals surface area contributed by atoms with Crippen molar-refractivity contribution in [2.24, 2.45) is 5.92 Å². The molecule has 1 saturated heterocycles. The lowest BCUT2D eigenvalue weighted by atomic mass is 9.84. The standard InChI is InChI=1S/C12H14O3/c1-8-2-4-9(5-3-8)11(12(13)14)10-6-15-7-10/h2-5,10-11H,6-7H2,1H3,(H,13,14). The monoisotopic (exact) mass is 206 g/mol. The van der Waals surface area contributed by atoms with Gasteiger partial charge < -0.3 is 9.84 Å². The SMILES string of the molecule is Cc1ccc(C(C(=O)O)C2COC2)cc1. The predicted molar refractivity (Wildman–Crippen MR) is 55.9 cm³/mol. The van der Waals surface area contributed by atoms with Gasteiger partial charge in [-0.15, -0.1) is 0 Å². The maximum Gasteiger partial charge on any atom is 0.311 e. The molecule has 15 heavy (non-hydrogen) atoms. The minimum Gasteiger partial charge on any atom is -0.481 e. The Hall–Kier alpha value is -1.35. The Bertz CT molecular complexity index is 352. The van der Waals surface area contributed by atoms with Gasteiger partial charge >= 0.3 is 5.97 Å². The largest absolute Gasteiger partial charge is 0.481 e. The van der Waals surface area contributed by atoms with Crippen molar-refractivity contribution in [1.29, 1.82) is 0 Å². The third-order valence-electron chi connectivity index (χ3n) is 2.84. The fourth-order valence-electron chi connectivity index (χ4n) is 1.84. The fourth-order valence-corrected chi connectivity index (χ4v) is 1.84. The summed E-state index contributed by atoms with van der Waals surface area (Å²) in [4.78, 5) is 11.2. The molecule has 0 bridgehead atoms. The zero-order valence-electron chi connectivity index (χ0n) is 8.64. The third-order valence-corrected chi connectivity index (χ3v) is 2.84. The van der Waals surface area contributed by atoms with E-state index in [1.54, 1.807) is 0 Å². The number of benzene rings is 1. The Balaban J connectivity index is 2.23. The van der Waals surface area contributed by atoms with Crippen molar-refractivity contribution in [1.82, 2.24) is 0 Å². The van der Waals surface area contributed by atoms with Crippen molar-refractivity contribution in [3.63, 3.8) is 0 Å². The van der Waals surface area contributed by atoms with Crippen molar-refractivity contribution in [2.75, 3.05) is 13.2 Å². The summed E-state index contributed by atoms with van der Waals surface area (Å²) in [6, 6.07) is 7.69. The van der Waals surface area contributed by atoms with E-state index >= 15 is 0 Å². The molecule has 1 unspecified atom stereocenters. The maximum absolute atomic E-state index is 11.2. The van der Waals surface area contributed by atoms with Gasteiger partial charge in [0.15, 0.2) is 0 Å². The molecule has 80 valence electrons. The van der Waals surface area contributed by atoms with Gasteiger partial charge in [-0.25, -0.2) is 0 Å². The number of carboxylic acids is 1. The van der Waals surface area contributed by atoms with Crippen LogP contribution < -0.4 is 0 Å². The van der Waals surface area contributed by atoms with Gasteiger partial charge in [0.25, 0.3) is 0 Å². The van der Waals surface area contributed by atoms with E-state index in [-0.39, 0.29) is 5.92 Å². The van der Waals surface area contributed by atoms with E-state index in [4.69, 9.17) is 4.74 Å². The zero-order valence-corrected chi connectivity index (χ0v) is 8.64. The number of carbonyl (C=O) groups is 1. The summed E-state index contributed by atoms with van der Waals surface area (Å²) in [6.07, 6.45) is 0. The van der Waals surface area contributed by atoms with Crippen molar-refractivity contribution < 1.29 is 14.6 Å². The smallest absolute Gasteiger partial charge is 0.311 e. The number of aryl methyl sites for hydroxylation is 1. The Morgan fingerprint density at radius 3 is 2.40 bits per heavy atom. The molecule has 1 aliphatic heterocycles. The van der Waals surface area contributed by atoms with E-state index in [0.717, 1.165) is 11.1 Å². The van der Waals surface area contributed by atoms with E-state index < -0.39 is 11.9 Å². The molecule has 0 amide bonds. The predicted octanol–water partition coefficient (Wildman–Crippen LogP) is 1.81. The molecule has 0 saturated carbocycles. The molecular weight excluding hydrogens is 192 g/mol. The molecule has 0 aliphatic carbocycles. The molecule has 1 fully saturated rings. The number of hydrogen-bond donors (Lipinski definition) is 1. The van der Waals surface area contributed by atoms with Crippen molar-refractivity contribution in [3.8, 4) is 0 Å². The molecule has 0 aromatic heterocycles. The highest BCUT2D eigenvalue weighted by atomic mass is 16.5. The van der Waals surface area contributed by atoms with Gasteiger partial charge in [0, 0.05) is 5.92 Å². The fraction of sp³-hybridized carbons (Fsp3) is 0.417. The Morgan fingerprint density at radius 1 is 1.40 bits per heavy atom. The molecule has 1 N–H and O–H groups in total. The van der Waals surface area contributed by atoms with E-state index in [0.29, 0.717) is 13.2 Å². The van der Waals surface area contributed by atoms with Gasteiger partial charge in [-0.1, -0.05) is 29.8 Å². The van der Waals surface area contributed by atoms with Crippen molar-refractivity contribution >= 4 is 5.97 Å². The minimum absolute atomic E-state index is 0.130. The summed E-state index contributed by atoms with van der Waals surface area (Å²) in [5.74, 6) is -1.04. The van der Waals surface area contributed by atoms with Gasteiger partial charge in [0.1, 0.15) is 0 Å². The minimum atomic E-state index is -0.757. The normalized spacial score (nSPS) is 18.2. The first-order chi connectivity index (χ1) is 7.18. The average Bonchev–Trinajstić information content (AvgIpc) is 2.12. The lowest BCUT2D eigenvalue weighted by molar-refractivity contribution is -0.146. The van der Waals surface area contributed by atoms with E-state index in [1.165, 1.54) is 0 Å². The van der Waals surface area contributed by atoms with Crippen molar-refractivity contribution in [2.45, 2.75) is 12.8 Å². The Kier molecular flexibility index (Phi) is 2.73. The lowest BCUT2D eigenvalue weighted by Gasteiger charge is -2.31. The van der Waals surface area contributed by atoms with E-state index in [1.807, 2.05) is 31.2 Å². The highest BCUT2D eigenvalue weighted by molar-refractivity contribution is 5.76. The number of rotatable bonds is 3. The van der Waals surface area contributed by atoms with Crippen LogP contribution in [-0.2, 0) is 9.53 Å². The highest BCUT2D eigenvalue weighted by Gasteiger charge is 2.34. The quantitative estimate of drug-likeness (QED) is 0.820. The van der Waals surface area contributed by atoms with Crippen LogP contribution >= 0.6 is 0 Å². The highest BCUT2D eigenvalue weighted by Crippen LogP contribution is 2.30. The summed E-state index contributed by atoms with van der Waals surface area (Å²) in [7, 11) is 0. The first-order valence-electron chi connectivity index (χ1n) is 5.05. The molecule has 1 heterocycles. The van der Waals surface area contributed by atoms with Gasteiger partial charge in [-0.05, 0) is 12.5 Å². The molecule has 1 aromatic carbocycles. The van der Waals surface area contributed by atoms with E-state index in [2.05, 4.69) is 0 Å². The maximum atomic E-state index is 11.2. The first kappa shape index (κ1) is 10.2. The van der Waals surface area contributed by atoms with Crippen LogP contribution in [0.15, 0.2) is 24.3 Å². The molecule has 0 spiro atoms. The Labute approximate surface area is 88.7 Å². The topological polar surface area (TPSA) is 46.5 Å². The van der Waals surface area contributed by atoms with Crippen LogP contribution in [0, 0.1) is 12.8 Å². The average molecular weight is 206 g/mol. The van der Waals surface area contributed by atoms with Gasteiger partial charge in [0.05, 0.1) is 19.1 Å². The second-order valence-corrected chi connectivity index (χ2v) is 4.02. The molecule has 0 radical (unpaired) electrons. The second kappa shape index (κ2) is 4.03. The molecule has 2 rings (SSSR count). The summed E-state index contributed by atoms with van der Waals surface area (Å²) < 4.78 is 5.05. The molecule has 3 heteroatoms. The molecule has 1 atom stereocenters. The molecule has 3 nitrogen and oxygen atoms in total. The first-order valence-corrected chi connectivity index (χ1v) is 5.05. The summed E-state index contributed by atoms with van der Waals surface area (Å²) in [5.41, 5.74) is 2.02. The summed E-state index contributed by atoms with van der Waals surface area (Å²) in [6.45, 7) is 3.11. The summed E-state index contributed by atoms with van der Waals surface area (Å²) >= 11 is 0. The van der Waals surface area contributed by atoms with Crippen LogP contribution in [0.5, 0.6) is 0 Å². The molecular formula is C12H14O3. The van der Waals surface area contributed by atoms with Crippen LogP contribution in [0.4, 0.5) is 0 Å². The van der Waals surface area contributed by atoms with Gasteiger partial charge in [-0.2, -0.15) is 0 Å². The molecule has 1 aliphatic rings. The van der Waals surface area contributed by atoms with Gasteiger partial charge in [-0.3, -0.25) is 4.79 Å². The van der Waals surface area contributed by atoms with Crippen LogP contribution in [0.3, 0.4) is 0 Å². The van der Waals surface area contributed by atoms with Crippen LogP contribution in [-0.4, -0.2) is 24.3 Å². The molecule has 1 aromatic rings. The second-order valence-electron chi connectivity index (χ2n) is 4.02. The van der Waals surface area contributed by atoms with Crippen LogP contribution in [0.1, 0.15) is 17.0 Å². The zero-order chi connectivity index (χ0) is 10.8. The van der Waals surface area contributed by atoms with Gasteiger partial charge in [0.2, 0.25) is 0 Å². The summed E-state index contributed by atoms with van der Waals surface area (Å²) in [5, 5.41) is 9.18. The number of carboxylic acid groups (broad SMARTS) is 1. The number of hydrogen-bond acceptors (Lipinski definition) is 2. The number of aliphatic carboxylic acids is 1. The Morgan fingerprint density at radius 2 is 2.00 bits per heavy atom. The van der Waals surface area contributed by atoms with Crippen LogP contribution in [0.2, 0.25) is 0 Å². The van der Waals surface area contributed by atoms with E-state index in [9.17, 15) is 9.90 Å². The number of ether oxygens (including phenoxy) is 1. The van der Waals surface area contributed by atoms with Crippen molar-refractivity contribution in [3.05, 3.63) is 35.4 Å². The third kappa shape index (κ3) is 2.02. The van der Waals surface area contributed by atoms with Crippen LogP contribution in [0.25, 0.3) is 0 Å².